The van der Waals surface area contributed by atoms with Crippen LogP contribution in [0.2, 0.25) is 0 Å². The first kappa shape index (κ1) is 18.8. The molecule has 1 amide bonds. The summed E-state index contributed by atoms with van der Waals surface area (Å²) in [5.41, 5.74) is 4.14. The van der Waals surface area contributed by atoms with Gasteiger partial charge in [0.2, 0.25) is 0 Å². The molecular formula is C21H28N2O2. The zero-order chi connectivity index (χ0) is 18.4. The van der Waals surface area contributed by atoms with Crippen molar-refractivity contribution >= 4 is 17.3 Å². The van der Waals surface area contributed by atoms with Gasteiger partial charge in [-0.05, 0) is 76.1 Å². The van der Waals surface area contributed by atoms with Crippen molar-refractivity contribution in [3.63, 3.8) is 0 Å². The highest BCUT2D eigenvalue weighted by molar-refractivity contribution is 5.94. The van der Waals surface area contributed by atoms with Gasteiger partial charge >= 0.3 is 0 Å². The van der Waals surface area contributed by atoms with Crippen molar-refractivity contribution < 1.29 is 9.53 Å². The van der Waals surface area contributed by atoms with E-state index in [1.54, 1.807) is 6.92 Å². The lowest BCUT2D eigenvalue weighted by Gasteiger charge is -2.21. The van der Waals surface area contributed by atoms with E-state index in [0.717, 1.165) is 41.3 Å². The average molecular weight is 340 g/mol. The van der Waals surface area contributed by atoms with Gasteiger partial charge in [0.05, 0.1) is 0 Å². The van der Waals surface area contributed by atoms with Gasteiger partial charge in [-0.15, -0.1) is 0 Å². The second kappa shape index (κ2) is 8.56. The maximum Gasteiger partial charge on any atom is 0.265 e. The minimum atomic E-state index is -0.567. The molecule has 4 nitrogen and oxygen atoms in total. The largest absolute Gasteiger partial charge is 0.481 e. The summed E-state index contributed by atoms with van der Waals surface area (Å²) in [6, 6.07) is 13.8. The highest BCUT2D eigenvalue weighted by atomic mass is 16.5. The van der Waals surface area contributed by atoms with Crippen molar-refractivity contribution in [3.8, 4) is 5.75 Å². The van der Waals surface area contributed by atoms with Gasteiger partial charge < -0.3 is 15.0 Å². The zero-order valence-electron chi connectivity index (χ0n) is 15.8. The quantitative estimate of drug-likeness (QED) is 0.803. The molecule has 0 aromatic heterocycles. The predicted octanol–water partition coefficient (Wildman–Crippen LogP) is 4.56. The molecule has 25 heavy (non-hydrogen) atoms. The fraction of sp³-hybridized carbons (Fsp3) is 0.381. The highest BCUT2D eigenvalue weighted by Gasteiger charge is 2.16. The highest BCUT2D eigenvalue weighted by Crippen LogP contribution is 2.22. The van der Waals surface area contributed by atoms with E-state index < -0.39 is 6.10 Å². The van der Waals surface area contributed by atoms with E-state index in [1.807, 2.05) is 56.3 Å². The number of ether oxygens (including phenoxy) is 1. The second-order valence-corrected chi connectivity index (χ2v) is 6.17. The van der Waals surface area contributed by atoms with E-state index in [-0.39, 0.29) is 5.91 Å². The maximum atomic E-state index is 12.4. The lowest BCUT2D eigenvalue weighted by atomic mass is 10.1. The van der Waals surface area contributed by atoms with Crippen LogP contribution < -0.4 is 15.0 Å². The molecule has 0 heterocycles. The Kier molecular flexibility index (Phi) is 6.45. The van der Waals surface area contributed by atoms with Crippen LogP contribution in [-0.4, -0.2) is 25.1 Å². The predicted molar refractivity (Wildman–Crippen MR) is 105 cm³/mol. The molecule has 0 aliphatic heterocycles. The first-order valence-corrected chi connectivity index (χ1v) is 8.85. The molecule has 0 aliphatic carbocycles. The van der Waals surface area contributed by atoms with Crippen molar-refractivity contribution in [2.24, 2.45) is 0 Å². The topological polar surface area (TPSA) is 41.6 Å². The number of rotatable bonds is 7. The van der Waals surface area contributed by atoms with Gasteiger partial charge in [-0.25, -0.2) is 0 Å². The van der Waals surface area contributed by atoms with Crippen LogP contribution in [-0.2, 0) is 4.79 Å². The van der Waals surface area contributed by atoms with Crippen LogP contribution in [0.5, 0.6) is 5.75 Å². The number of amides is 1. The number of hydrogen-bond acceptors (Lipinski definition) is 3. The molecule has 2 rings (SSSR count). The Bertz CT molecular complexity index is 706. The summed E-state index contributed by atoms with van der Waals surface area (Å²) in [5, 5.41) is 2.92. The number of carbonyl (C=O) groups is 1. The van der Waals surface area contributed by atoms with Crippen molar-refractivity contribution in [1.29, 1.82) is 0 Å². The normalized spacial score (nSPS) is 11.7. The van der Waals surface area contributed by atoms with Crippen LogP contribution in [0.4, 0.5) is 11.4 Å². The first-order chi connectivity index (χ1) is 12.0. The lowest BCUT2D eigenvalue weighted by molar-refractivity contribution is -0.122. The summed E-state index contributed by atoms with van der Waals surface area (Å²) < 4.78 is 5.84. The third-order valence-electron chi connectivity index (χ3n) is 4.49. The van der Waals surface area contributed by atoms with Crippen LogP contribution in [0.15, 0.2) is 42.5 Å². The van der Waals surface area contributed by atoms with Crippen LogP contribution in [0.1, 0.15) is 31.9 Å². The molecule has 2 aromatic carbocycles. The minimum Gasteiger partial charge on any atom is -0.481 e. The van der Waals surface area contributed by atoms with E-state index in [4.69, 9.17) is 4.74 Å². The Morgan fingerprint density at radius 1 is 1.08 bits per heavy atom. The molecular weight excluding hydrogens is 312 g/mol. The number of hydrogen-bond donors (Lipinski definition) is 1. The number of aryl methyl sites for hydroxylation is 1. The molecule has 0 spiro atoms. The fourth-order valence-electron chi connectivity index (χ4n) is 2.68. The minimum absolute atomic E-state index is 0.156. The summed E-state index contributed by atoms with van der Waals surface area (Å²) in [5.74, 6) is 0.594. The van der Waals surface area contributed by atoms with Crippen LogP contribution in [0.3, 0.4) is 0 Å². The molecule has 1 atom stereocenters. The van der Waals surface area contributed by atoms with E-state index in [9.17, 15) is 4.79 Å². The van der Waals surface area contributed by atoms with Crippen LogP contribution in [0.25, 0.3) is 0 Å². The standard InChI is InChI=1S/C21H28N2O2/c1-6-23(7-2)19-13-11-18(12-14-19)22-21(24)17(5)25-20-10-8-9-15(3)16(20)4/h8-14,17H,6-7H2,1-5H3,(H,22,24). The van der Waals surface area contributed by atoms with Gasteiger partial charge in [0, 0.05) is 24.5 Å². The third-order valence-corrected chi connectivity index (χ3v) is 4.49. The molecule has 4 heteroatoms. The summed E-state index contributed by atoms with van der Waals surface area (Å²) in [7, 11) is 0. The molecule has 0 fully saturated rings. The Morgan fingerprint density at radius 2 is 1.72 bits per heavy atom. The molecule has 1 N–H and O–H groups in total. The van der Waals surface area contributed by atoms with Gasteiger partial charge in [0.25, 0.3) is 5.91 Å². The number of benzene rings is 2. The van der Waals surface area contributed by atoms with Gasteiger partial charge in [-0.1, -0.05) is 12.1 Å². The van der Waals surface area contributed by atoms with E-state index in [0.29, 0.717) is 0 Å². The van der Waals surface area contributed by atoms with Gasteiger partial charge in [0.1, 0.15) is 5.75 Å². The average Bonchev–Trinajstić information content (AvgIpc) is 2.61. The van der Waals surface area contributed by atoms with E-state index in [2.05, 4.69) is 24.1 Å². The van der Waals surface area contributed by atoms with Crippen LogP contribution in [0, 0.1) is 13.8 Å². The molecule has 1 unspecified atom stereocenters. The molecule has 0 saturated carbocycles. The van der Waals surface area contributed by atoms with Gasteiger partial charge in [-0.2, -0.15) is 0 Å². The Morgan fingerprint density at radius 3 is 2.32 bits per heavy atom. The molecule has 0 aliphatic rings. The molecule has 0 radical (unpaired) electrons. The lowest BCUT2D eigenvalue weighted by Crippen LogP contribution is -2.30. The summed E-state index contributed by atoms with van der Waals surface area (Å²) in [6.45, 7) is 12.0. The molecule has 134 valence electrons. The first-order valence-electron chi connectivity index (χ1n) is 8.85. The maximum absolute atomic E-state index is 12.4. The molecule has 0 saturated heterocycles. The summed E-state index contributed by atoms with van der Waals surface area (Å²) in [4.78, 5) is 14.7. The van der Waals surface area contributed by atoms with Crippen molar-refractivity contribution in [1.82, 2.24) is 0 Å². The number of nitrogens with one attached hydrogen (secondary N) is 1. The molecule has 0 bridgehead atoms. The number of carbonyl (C=O) groups excluding carboxylic acids is 1. The third kappa shape index (κ3) is 4.75. The SMILES string of the molecule is CCN(CC)c1ccc(NC(=O)C(C)Oc2cccc(C)c2C)cc1. The van der Waals surface area contributed by atoms with E-state index >= 15 is 0 Å². The Balaban J connectivity index is 2.00. The number of nitrogens with zero attached hydrogens (tertiary/aromatic N) is 1. The van der Waals surface area contributed by atoms with Crippen molar-refractivity contribution in [3.05, 3.63) is 53.6 Å². The Labute approximate surface area is 150 Å². The van der Waals surface area contributed by atoms with Crippen LogP contribution >= 0.6 is 0 Å². The van der Waals surface area contributed by atoms with Crippen molar-refractivity contribution in [2.45, 2.75) is 40.7 Å². The zero-order valence-corrected chi connectivity index (χ0v) is 15.8. The summed E-state index contributed by atoms with van der Waals surface area (Å²) >= 11 is 0. The Hall–Kier alpha value is -2.49. The number of anilines is 2. The smallest absolute Gasteiger partial charge is 0.265 e. The van der Waals surface area contributed by atoms with Gasteiger partial charge in [0.15, 0.2) is 6.10 Å². The second-order valence-electron chi connectivity index (χ2n) is 6.17. The molecule has 2 aromatic rings. The monoisotopic (exact) mass is 340 g/mol. The van der Waals surface area contributed by atoms with Crippen molar-refractivity contribution in [2.75, 3.05) is 23.3 Å². The van der Waals surface area contributed by atoms with E-state index in [1.165, 1.54) is 0 Å². The summed E-state index contributed by atoms with van der Waals surface area (Å²) in [6.07, 6.45) is -0.567. The fourth-order valence-corrected chi connectivity index (χ4v) is 2.68. The van der Waals surface area contributed by atoms with Gasteiger partial charge in [-0.3, -0.25) is 4.79 Å².